The first-order valence-corrected chi connectivity index (χ1v) is 20.9. The number of hydrogen-bond acceptors (Lipinski definition) is 11. The van der Waals surface area contributed by atoms with Crippen LogP contribution in [0, 0.1) is 0 Å². The van der Waals surface area contributed by atoms with Crippen molar-refractivity contribution in [3.8, 4) is 11.5 Å². The van der Waals surface area contributed by atoms with Gasteiger partial charge in [-0.25, -0.2) is 21.6 Å². The fraction of sp³-hybridized carbons (Fsp3) is 0. The Morgan fingerprint density at radius 2 is 0.833 bits per heavy atom. The maximum absolute atomic E-state index is 13.3. The highest BCUT2D eigenvalue weighted by molar-refractivity contribution is 7.93. The number of carbonyl (C=O) groups is 1. The Bertz CT molecular complexity index is 2770. The van der Waals surface area contributed by atoms with Gasteiger partial charge in [0.2, 0.25) is 0 Å². The van der Waals surface area contributed by atoms with Gasteiger partial charge in [-0.2, -0.15) is 16.8 Å². The van der Waals surface area contributed by atoms with Crippen molar-refractivity contribution in [1.82, 2.24) is 0 Å². The molecular weight excluding hydrogens is 789 g/mol. The van der Waals surface area contributed by atoms with E-state index >= 15 is 0 Å². The third kappa shape index (κ3) is 7.71. The Kier molecular flexibility index (Phi) is 9.64. The van der Waals surface area contributed by atoms with Crippen LogP contribution in [0.1, 0.15) is 0 Å². The number of fused-ring (bicyclic) bond motifs is 2. The second-order valence-corrected chi connectivity index (χ2v) is 17.5. The molecule has 21 heteroatoms. The van der Waals surface area contributed by atoms with Gasteiger partial charge in [0.15, 0.2) is 0 Å². The molecule has 0 aliphatic carbocycles. The van der Waals surface area contributed by atoms with Crippen LogP contribution in [-0.2, 0) is 40.3 Å². The highest BCUT2D eigenvalue weighted by Gasteiger charge is 2.26. The first kappa shape index (κ1) is 37.8. The van der Waals surface area contributed by atoms with Crippen molar-refractivity contribution in [3.05, 3.63) is 109 Å². The van der Waals surface area contributed by atoms with E-state index in [1.165, 1.54) is 72.8 Å². The smallest absolute Gasteiger partial charge is 0.323 e. The molecule has 0 fully saturated rings. The minimum Gasteiger partial charge on any atom is -0.507 e. The van der Waals surface area contributed by atoms with Gasteiger partial charge < -0.3 is 20.8 Å². The molecule has 2 amide bonds. The Labute approximate surface area is 307 Å². The number of carbonyl (C=O) groups excluding carboxylic acids is 1. The summed E-state index contributed by atoms with van der Waals surface area (Å²) in [6.07, 6.45) is 0. The van der Waals surface area contributed by atoms with Crippen LogP contribution in [0.5, 0.6) is 11.5 Å². The molecule has 6 aromatic rings. The van der Waals surface area contributed by atoms with Crippen molar-refractivity contribution in [2.45, 2.75) is 19.6 Å². The number of sulfonamides is 2. The highest BCUT2D eigenvalue weighted by atomic mass is 32.2. The number of amides is 2. The molecule has 0 saturated carbocycles. The van der Waals surface area contributed by atoms with Gasteiger partial charge in [0.25, 0.3) is 40.3 Å². The number of phenolic OH excluding ortho intramolecular Hbond substituents is 2. The largest absolute Gasteiger partial charge is 0.507 e. The molecule has 0 heterocycles. The molecule has 280 valence electrons. The fourth-order valence-corrected chi connectivity index (χ4v) is 9.60. The van der Waals surface area contributed by atoms with Crippen molar-refractivity contribution in [1.29, 1.82) is 0 Å². The average molecular weight is 815 g/mol. The molecule has 0 aliphatic heterocycles. The second kappa shape index (κ2) is 13.8. The predicted octanol–water partition coefficient (Wildman–Crippen LogP) is 5.14. The lowest BCUT2D eigenvalue weighted by Gasteiger charge is -2.15. The SMILES string of the molecule is O=C(Nc1cccc(S(=O)(=O)Nc2ccc3c(O)cccc3c2S(=O)(=O)O)c1)Nc1cccc(S(=O)(=O)Nc2ccc3c(O)cccc3c2S(=O)(=O)O)c1. The molecule has 0 bridgehead atoms. The molecule has 54 heavy (non-hydrogen) atoms. The van der Waals surface area contributed by atoms with E-state index in [0.29, 0.717) is 0 Å². The monoisotopic (exact) mass is 814 g/mol. The first-order valence-electron chi connectivity index (χ1n) is 15.0. The second-order valence-electron chi connectivity index (χ2n) is 11.4. The van der Waals surface area contributed by atoms with E-state index in [9.17, 15) is 57.8 Å². The van der Waals surface area contributed by atoms with Gasteiger partial charge in [0.05, 0.1) is 21.2 Å². The molecule has 0 radical (unpaired) electrons. The summed E-state index contributed by atoms with van der Waals surface area (Å²) in [6, 6.07) is 20.8. The normalized spacial score (nSPS) is 12.3. The van der Waals surface area contributed by atoms with Gasteiger partial charge in [0, 0.05) is 32.9 Å². The number of rotatable bonds is 10. The summed E-state index contributed by atoms with van der Waals surface area (Å²) < 4.78 is 127. The van der Waals surface area contributed by atoms with E-state index in [0.717, 1.165) is 36.4 Å². The molecule has 0 atom stereocenters. The van der Waals surface area contributed by atoms with Gasteiger partial charge in [-0.3, -0.25) is 18.5 Å². The average Bonchev–Trinajstić information content (AvgIpc) is 3.07. The quantitative estimate of drug-likeness (QED) is 0.0833. The highest BCUT2D eigenvalue weighted by Crippen LogP contribution is 2.37. The molecule has 0 unspecified atom stereocenters. The molecule has 0 aromatic heterocycles. The lowest BCUT2D eigenvalue weighted by Crippen LogP contribution is -2.21. The summed E-state index contributed by atoms with van der Waals surface area (Å²) in [5, 5.41) is 24.8. The minimum absolute atomic E-state index is 0.0304. The zero-order valence-electron chi connectivity index (χ0n) is 27.0. The Balaban J connectivity index is 1.21. The number of benzene rings is 6. The Morgan fingerprint density at radius 3 is 1.20 bits per heavy atom. The van der Waals surface area contributed by atoms with Crippen LogP contribution in [0.4, 0.5) is 27.5 Å². The number of anilines is 4. The number of aromatic hydroxyl groups is 2. The summed E-state index contributed by atoms with van der Waals surface area (Å²) in [5.74, 6) is -0.626. The molecule has 8 N–H and O–H groups in total. The van der Waals surface area contributed by atoms with Crippen LogP contribution in [0.25, 0.3) is 21.5 Å². The lowest BCUT2D eigenvalue weighted by atomic mass is 10.1. The predicted molar refractivity (Wildman–Crippen MR) is 198 cm³/mol. The van der Waals surface area contributed by atoms with Crippen LogP contribution < -0.4 is 20.1 Å². The topological polar surface area (TPSA) is 283 Å². The van der Waals surface area contributed by atoms with Crippen LogP contribution >= 0.6 is 0 Å². The van der Waals surface area contributed by atoms with E-state index in [1.807, 2.05) is 0 Å². The van der Waals surface area contributed by atoms with E-state index < -0.39 is 77.3 Å². The third-order valence-electron chi connectivity index (χ3n) is 7.79. The number of phenols is 2. The summed E-state index contributed by atoms with van der Waals surface area (Å²) in [5.41, 5.74) is -1.19. The molecule has 6 rings (SSSR count). The standard InChI is InChI=1S/C33H26N4O13S4/c38-29-11-3-9-25-23(29)13-15-27(31(25)53(45,46)47)36-51(41,42)21-7-1-5-19(17-21)34-33(40)35-20-6-2-8-22(18-20)52(43,44)37-28-16-14-24-26(10-4-12-30(24)39)32(28)54(48,49)50/h1-18,36-39H,(H2,34,35,40)(H,45,46,47)(H,48,49,50). The van der Waals surface area contributed by atoms with Crippen molar-refractivity contribution < 1.29 is 57.8 Å². The molecule has 0 aliphatic rings. The molecule has 6 aromatic carbocycles. The number of hydrogen-bond donors (Lipinski definition) is 8. The fourth-order valence-electron chi connectivity index (χ4n) is 5.53. The van der Waals surface area contributed by atoms with Crippen LogP contribution in [0.15, 0.2) is 129 Å². The summed E-state index contributed by atoms with van der Waals surface area (Å²) in [6.45, 7) is 0. The van der Waals surface area contributed by atoms with Gasteiger partial charge in [0.1, 0.15) is 21.3 Å². The third-order valence-corrected chi connectivity index (χ3v) is 12.4. The number of nitrogens with one attached hydrogen (secondary N) is 4. The van der Waals surface area contributed by atoms with Gasteiger partial charge in [-0.1, -0.05) is 36.4 Å². The van der Waals surface area contributed by atoms with E-state index in [1.54, 1.807) is 0 Å². The van der Waals surface area contributed by atoms with Crippen LogP contribution in [0.3, 0.4) is 0 Å². The van der Waals surface area contributed by atoms with Crippen molar-refractivity contribution in [2.24, 2.45) is 0 Å². The van der Waals surface area contributed by atoms with Crippen molar-refractivity contribution in [3.63, 3.8) is 0 Å². The molecule has 17 nitrogen and oxygen atoms in total. The zero-order chi connectivity index (χ0) is 39.2. The zero-order valence-corrected chi connectivity index (χ0v) is 30.3. The number of urea groups is 1. The van der Waals surface area contributed by atoms with Crippen LogP contribution in [-0.4, -0.2) is 59.0 Å². The van der Waals surface area contributed by atoms with E-state index in [2.05, 4.69) is 20.1 Å². The minimum atomic E-state index is -5.02. The van der Waals surface area contributed by atoms with E-state index in [4.69, 9.17) is 0 Å². The van der Waals surface area contributed by atoms with Gasteiger partial charge in [-0.05, 0) is 72.8 Å². The maximum Gasteiger partial charge on any atom is 0.323 e. The van der Waals surface area contributed by atoms with Gasteiger partial charge >= 0.3 is 6.03 Å². The Morgan fingerprint density at radius 1 is 0.463 bits per heavy atom. The molecule has 0 spiro atoms. The summed E-state index contributed by atoms with van der Waals surface area (Å²) >= 11 is 0. The van der Waals surface area contributed by atoms with Crippen molar-refractivity contribution >= 4 is 90.6 Å². The summed E-state index contributed by atoms with van der Waals surface area (Å²) in [4.78, 5) is 10.4. The van der Waals surface area contributed by atoms with Crippen LogP contribution in [0.2, 0.25) is 0 Å². The van der Waals surface area contributed by atoms with E-state index in [-0.39, 0.29) is 44.4 Å². The maximum atomic E-state index is 13.3. The first-order chi connectivity index (χ1) is 25.2. The summed E-state index contributed by atoms with van der Waals surface area (Å²) in [7, 11) is -19.2. The Hall–Kier alpha value is -5.97. The molecular formula is C33H26N4O13S4. The molecule has 0 saturated heterocycles. The lowest BCUT2D eigenvalue weighted by molar-refractivity contribution is 0.262. The van der Waals surface area contributed by atoms with Gasteiger partial charge in [-0.15, -0.1) is 0 Å². The van der Waals surface area contributed by atoms with Crippen molar-refractivity contribution in [2.75, 3.05) is 20.1 Å².